The number of aromatic nitrogens is 1. The molecule has 0 aromatic carbocycles. The largest absolute Gasteiger partial charge is 0.444 e. The van der Waals surface area contributed by atoms with Crippen LogP contribution in [0.3, 0.4) is 0 Å². The number of nitrogens with zero attached hydrogens (tertiary/aromatic N) is 1. The quantitative estimate of drug-likeness (QED) is 0.755. The van der Waals surface area contributed by atoms with E-state index in [9.17, 15) is 0 Å². The van der Waals surface area contributed by atoms with Crippen molar-refractivity contribution >= 4 is 0 Å². The summed E-state index contributed by atoms with van der Waals surface area (Å²) in [5.74, 6) is 1.68. The number of hydrogen-bond acceptors (Lipinski definition) is 4. The zero-order valence-electron chi connectivity index (χ0n) is 10.7. The van der Waals surface area contributed by atoms with E-state index in [0.29, 0.717) is 13.2 Å². The first-order valence-corrected chi connectivity index (χ1v) is 5.79. The Balaban J connectivity index is 2.11. The van der Waals surface area contributed by atoms with Gasteiger partial charge in [-0.05, 0) is 20.8 Å². The summed E-state index contributed by atoms with van der Waals surface area (Å²) in [4.78, 5) is 4.16. The highest BCUT2D eigenvalue weighted by Gasteiger charge is 2.09. The van der Waals surface area contributed by atoms with E-state index in [-0.39, 0.29) is 5.60 Å². The second kappa shape index (κ2) is 6.01. The molecule has 92 valence electrons. The molecule has 1 aromatic rings. The van der Waals surface area contributed by atoms with Crippen molar-refractivity contribution < 1.29 is 9.15 Å². The lowest BCUT2D eigenvalue weighted by Gasteiger charge is -2.19. The van der Waals surface area contributed by atoms with Crippen molar-refractivity contribution in [3.05, 3.63) is 17.8 Å². The van der Waals surface area contributed by atoms with Crippen LogP contribution in [0.25, 0.3) is 0 Å². The Labute approximate surface area is 97.4 Å². The van der Waals surface area contributed by atoms with Crippen molar-refractivity contribution in [3.8, 4) is 0 Å². The summed E-state index contributed by atoms with van der Waals surface area (Å²) in [5, 5.41) is 3.23. The van der Waals surface area contributed by atoms with Gasteiger partial charge in [0.25, 0.3) is 0 Å². The Morgan fingerprint density at radius 3 is 2.75 bits per heavy atom. The van der Waals surface area contributed by atoms with Crippen molar-refractivity contribution in [2.24, 2.45) is 0 Å². The molecule has 1 aromatic heterocycles. The maximum absolute atomic E-state index is 5.58. The molecule has 1 heterocycles. The maximum Gasteiger partial charge on any atom is 0.208 e. The first kappa shape index (κ1) is 13.2. The van der Waals surface area contributed by atoms with E-state index < -0.39 is 0 Å². The molecule has 1 N–H and O–H groups in total. The molecule has 0 fully saturated rings. The predicted molar refractivity (Wildman–Crippen MR) is 63.3 cm³/mol. The molecule has 0 spiro atoms. The summed E-state index contributed by atoms with van der Waals surface area (Å²) in [6, 6.07) is 0. The van der Waals surface area contributed by atoms with Gasteiger partial charge in [-0.3, -0.25) is 0 Å². The van der Waals surface area contributed by atoms with Crippen LogP contribution >= 0.6 is 0 Å². The van der Waals surface area contributed by atoms with Gasteiger partial charge >= 0.3 is 0 Å². The van der Waals surface area contributed by atoms with Crippen LogP contribution in [0.4, 0.5) is 0 Å². The molecular weight excluding hydrogens is 204 g/mol. The van der Waals surface area contributed by atoms with Crippen molar-refractivity contribution in [3.63, 3.8) is 0 Å². The van der Waals surface area contributed by atoms with Crippen LogP contribution in [0, 0.1) is 0 Å². The van der Waals surface area contributed by atoms with Crippen LogP contribution < -0.4 is 5.32 Å². The van der Waals surface area contributed by atoms with E-state index >= 15 is 0 Å². The Hall–Kier alpha value is -0.870. The van der Waals surface area contributed by atoms with Gasteiger partial charge in [0.2, 0.25) is 5.89 Å². The van der Waals surface area contributed by atoms with Gasteiger partial charge < -0.3 is 14.5 Å². The molecule has 0 atom stereocenters. The van der Waals surface area contributed by atoms with Crippen LogP contribution in [-0.4, -0.2) is 23.7 Å². The van der Waals surface area contributed by atoms with Crippen LogP contribution in [0.15, 0.2) is 10.6 Å². The Morgan fingerprint density at radius 1 is 1.44 bits per heavy atom. The van der Waals surface area contributed by atoms with Gasteiger partial charge in [0, 0.05) is 13.0 Å². The second-order valence-electron chi connectivity index (χ2n) is 4.71. The third kappa shape index (κ3) is 5.28. The summed E-state index contributed by atoms with van der Waals surface area (Å²) in [5.41, 5.74) is -0.0695. The standard InChI is InChI=1S/C12H22N2O2/c1-5-10-8-14-11(16-10)9-13-6-7-15-12(2,3)4/h8,13H,5-7,9H2,1-4H3. The fraction of sp³-hybridized carbons (Fsp3) is 0.750. The van der Waals surface area contributed by atoms with Gasteiger partial charge in [-0.25, -0.2) is 4.98 Å². The second-order valence-corrected chi connectivity index (χ2v) is 4.71. The van der Waals surface area contributed by atoms with Crippen molar-refractivity contribution in [1.29, 1.82) is 0 Å². The minimum Gasteiger partial charge on any atom is -0.444 e. The molecule has 1 rings (SSSR count). The number of aryl methyl sites for hydroxylation is 1. The highest BCUT2D eigenvalue weighted by atomic mass is 16.5. The van der Waals surface area contributed by atoms with Crippen LogP contribution in [0.1, 0.15) is 39.3 Å². The van der Waals surface area contributed by atoms with Gasteiger partial charge in [0.1, 0.15) is 5.76 Å². The first-order valence-electron chi connectivity index (χ1n) is 5.79. The first-order chi connectivity index (χ1) is 7.51. The molecule has 0 aliphatic rings. The van der Waals surface area contributed by atoms with E-state index in [4.69, 9.17) is 9.15 Å². The monoisotopic (exact) mass is 226 g/mol. The maximum atomic E-state index is 5.58. The number of nitrogens with one attached hydrogen (secondary N) is 1. The van der Waals surface area contributed by atoms with Crippen molar-refractivity contribution in [2.75, 3.05) is 13.2 Å². The van der Waals surface area contributed by atoms with E-state index in [1.165, 1.54) is 0 Å². The molecule has 0 unspecified atom stereocenters. The fourth-order valence-electron chi connectivity index (χ4n) is 1.22. The smallest absolute Gasteiger partial charge is 0.208 e. The van der Waals surface area contributed by atoms with E-state index in [1.54, 1.807) is 6.20 Å². The topological polar surface area (TPSA) is 47.3 Å². The lowest BCUT2D eigenvalue weighted by atomic mass is 10.2. The van der Waals surface area contributed by atoms with Gasteiger partial charge in [-0.2, -0.15) is 0 Å². The highest BCUT2D eigenvalue weighted by molar-refractivity contribution is 4.93. The lowest BCUT2D eigenvalue weighted by molar-refractivity contribution is -0.00101. The molecule has 0 radical (unpaired) electrons. The Morgan fingerprint density at radius 2 is 2.19 bits per heavy atom. The van der Waals surface area contributed by atoms with Gasteiger partial charge in [-0.1, -0.05) is 6.92 Å². The molecule has 0 aliphatic heterocycles. The molecular formula is C12H22N2O2. The molecule has 0 bridgehead atoms. The van der Waals surface area contributed by atoms with E-state index in [2.05, 4.69) is 38.0 Å². The molecule has 4 nitrogen and oxygen atoms in total. The number of oxazole rings is 1. The molecule has 16 heavy (non-hydrogen) atoms. The lowest BCUT2D eigenvalue weighted by Crippen LogP contribution is -2.26. The SMILES string of the molecule is CCc1cnc(CNCCOC(C)(C)C)o1. The van der Waals surface area contributed by atoms with E-state index in [0.717, 1.165) is 24.6 Å². The van der Waals surface area contributed by atoms with Crippen LogP contribution in [0.2, 0.25) is 0 Å². The van der Waals surface area contributed by atoms with Crippen molar-refractivity contribution in [1.82, 2.24) is 10.3 Å². The molecule has 0 saturated heterocycles. The molecule has 0 saturated carbocycles. The zero-order chi connectivity index (χ0) is 12.0. The van der Waals surface area contributed by atoms with Crippen LogP contribution in [0.5, 0.6) is 0 Å². The summed E-state index contributed by atoms with van der Waals surface area (Å²) in [6.45, 7) is 10.4. The summed E-state index contributed by atoms with van der Waals surface area (Å²) in [7, 11) is 0. The minimum absolute atomic E-state index is 0.0695. The summed E-state index contributed by atoms with van der Waals surface area (Å²) >= 11 is 0. The third-order valence-corrected chi connectivity index (χ3v) is 2.04. The van der Waals surface area contributed by atoms with Gasteiger partial charge in [0.05, 0.1) is 24.9 Å². The normalized spacial score (nSPS) is 12.0. The van der Waals surface area contributed by atoms with Crippen LogP contribution in [-0.2, 0) is 17.7 Å². The summed E-state index contributed by atoms with van der Waals surface area (Å²) in [6.07, 6.45) is 2.67. The van der Waals surface area contributed by atoms with Gasteiger partial charge in [0.15, 0.2) is 0 Å². The average Bonchev–Trinajstić information content (AvgIpc) is 2.63. The summed E-state index contributed by atoms with van der Waals surface area (Å²) < 4.78 is 11.0. The molecule has 0 amide bonds. The van der Waals surface area contributed by atoms with Gasteiger partial charge in [-0.15, -0.1) is 0 Å². The zero-order valence-corrected chi connectivity index (χ0v) is 10.7. The fourth-order valence-corrected chi connectivity index (χ4v) is 1.22. The number of hydrogen-bond donors (Lipinski definition) is 1. The number of rotatable bonds is 6. The third-order valence-electron chi connectivity index (χ3n) is 2.04. The predicted octanol–water partition coefficient (Wildman–Crippen LogP) is 2.14. The molecule has 0 aliphatic carbocycles. The Kier molecular flexibility index (Phi) is 4.96. The average molecular weight is 226 g/mol. The minimum atomic E-state index is -0.0695. The van der Waals surface area contributed by atoms with Crippen molar-refractivity contribution in [2.45, 2.75) is 46.3 Å². The Bertz CT molecular complexity index is 302. The number of ether oxygens (including phenoxy) is 1. The highest BCUT2D eigenvalue weighted by Crippen LogP contribution is 2.05. The van der Waals surface area contributed by atoms with E-state index in [1.807, 2.05) is 0 Å². The molecule has 4 heteroatoms.